The highest BCUT2D eigenvalue weighted by molar-refractivity contribution is 5.39. The highest BCUT2D eigenvalue weighted by Gasteiger charge is 2.07. The number of hydrogen-bond acceptors (Lipinski definition) is 3. The standard InChI is InChI=1S/C15H21N3O/c1-4-13(16)7-12-6-5-11(2)15(8-12)19-14-9-17-18(3)10-14/h5-6,8-10,13H,4,7,16H2,1-3H3. The van der Waals surface area contributed by atoms with E-state index < -0.39 is 0 Å². The molecular weight excluding hydrogens is 238 g/mol. The van der Waals surface area contributed by atoms with Gasteiger partial charge in [0.15, 0.2) is 5.75 Å². The van der Waals surface area contributed by atoms with Crippen molar-refractivity contribution in [1.82, 2.24) is 9.78 Å². The van der Waals surface area contributed by atoms with Crippen molar-refractivity contribution in [2.45, 2.75) is 32.7 Å². The van der Waals surface area contributed by atoms with Crippen LogP contribution in [0.1, 0.15) is 24.5 Å². The minimum atomic E-state index is 0.203. The van der Waals surface area contributed by atoms with Gasteiger partial charge in [-0.15, -0.1) is 0 Å². The Morgan fingerprint density at radius 3 is 2.84 bits per heavy atom. The molecule has 1 aromatic carbocycles. The maximum absolute atomic E-state index is 5.99. The van der Waals surface area contributed by atoms with Gasteiger partial charge in [0, 0.05) is 13.1 Å². The van der Waals surface area contributed by atoms with E-state index in [-0.39, 0.29) is 6.04 Å². The molecule has 0 fully saturated rings. The lowest BCUT2D eigenvalue weighted by atomic mass is 10.0. The lowest BCUT2D eigenvalue weighted by Crippen LogP contribution is -2.21. The molecule has 0 aliphatic carbocycles. The van der Waals surface area contributed by atoms with Crippen LogP contribution in [0.2, 0.25) is 0 Å². The molecule has 1 heterocycles. The lowest BCUT2D eigenvalue weighted by molar-refractivity contribution is 0.477. The van der Waals surface area contributed by atoms with Crippen LogP contribution in [-0.4, -0.2) is 15.8 Å². The highest BCUT2D eigenvalue weighted by atomic mass is 16.5. The third kappa shape index (κ3) is 3.58. The predicted octanol–water partition coefficient (Wildman–Crippen LogP) is 2.80. The van der Waals surface area contributed by atoms with Crippen LogP contribution in [0.4, 0.5) is 0 Å². The maximum atomic E-state index is 5.99. The summed E-state index contributed by atoms with van der Waals surface area (Å²) in [6.45, 7) is 4.14. The molecule has 0 amide bonds. The fourth-order valence-corrected chi connectivity index (χ4v) is 1.91. The van der Waals surface area contributed by atoms with Crippen molar-refractivity contribution >= 4 is 0 Å². The molecule has 19 heavy (non-hydrogen) atoms. The Kier molecular flexibility index (Phi) is 4.22. The summed E-state index contributed by atoms with van der Waals surface area (Å²) >= 11 is 0. The van der Waals surface area contributed by atoms with Crippen molar-refractivity contribution in [1.29, 1.82) is 0 Å². The van der Waals surface area contributed by atoms with E-state index >= 15 is 0 Å². The van der Waals surface area contributed by atoms with Gasteiger partial charge >= 0.3 is 0 Å². The van der Waals surface area contributed by atoms with Gasteiger partial charge in [0.2, 0.25) is 0 Å². The molecule has 4 nitrogen and oxygen atoms in total. The van der Waals surface area contributed by atoms with Crippen LogP contribution in [0.25, 0.3) is 0 Å². The molecule has 0 aliphatic rings. The monoisotopic (exact) mass is 259 g/mol. The molecule has 2 aromatic rings. The van der Waals surface area contributed by atoms with Gasteiger partial charge in [0.1, 0.15) is 5.75 Å². The molecule has 0 saturated carbocycles. The Balaban J connectivity index is 2.17. The van der Waals surface area contributed by atoms with E-state index in [1.165, 1.54) is 5.56 Å². The summed E-state index contributed by atoms with van der Waals surface area (Å²) in [4.78, 5) is 0. The first-order valence-corrected chi connectivity index (χ1v) is 6.60. The summed E-state index contributed by atoms with van der Waals surface area (Å²) < 4.78 is 7.59. The Bertz CT molecular complexity index is 548. The number of rotatable bonds is 5. The molecule has 1 unspecified atom stereocenters. The molecular formula is C15H21N3O. The molecule has 0 spiro atoms. The zero-order valence-electron chi connectivity index (χ0n) is 11.8. The van der Waals surface area contributed by atoms with Gasteiger partial charge in [0.25, 0.3) is 0 Å². The molecule has 4 heteroatoms. The Morgan fingerprint density at radius 2 is 2.21 bits per heavy atom. The van der Waals surface area contributed by atoms with Crippen molar-refractivity contribution in [3.05, 3.63) is 41.7 Å². The second-order valence-corrected chi connectivity index (χ2v) is 4.92. The number of benzene rings is 1. The Morgan fingerprint density at radius 1 is 1.42 bits per heavy atom. The van der Waals surface area contributed by atoms with Crippen LogP contribution in [0.15, 0.2) is 30.6 Å². The van der Waals surface area contributed by atoms with E-state index in [9.17, 15) is 0 Å². The first-order valence-electron chi connectivity index (χ1n) is 6.60. The van der Waals surface area contributed by atoms with Crippen molar-refractivity contribution in [3.63, 3.8) is 0 Å². The van der Waals surface area contributed by atoms with E-state index in [1.54, 1.807) is 10.9 Å². The van der Waals surface area contributed by atoms with E-state index in [0.717, 1.165) is 29.9 Å². The van der Waals surface area contributed by atoms with E-state index in [4.69, 9.17) is 10.5 Å². The summed E-state index contributed by atoms with van der Waals surface area (Å²) in [5.41, 5.74) is 8.31. The largest absolute Gasteiger partial charge is 0.454 e. The summed E-state index contributed by atoms with van der Waals surface area (Å²) in [7, 11) is 1.87. The van der Waals surface area contributed by atoms with Gasteiger partial charge < -0.3 is 10.5 Å². The van der Waals surface area contributed by atoms with Crippen molar-refractivity contribution in [2.24, 2.45) is 12.8 Å². The molecule has 1 atom stereocenters. The van der Waals surface area contributed by atoms with Gasteiger partial charge in [-0.3, -0.25) is 4.68 Å². The van der Waals surface area contributed by atoms with E-state index in [0.29, 0.717) is 0 Å². The first kappa shape index (κ1) is 13.6. The average molecular weight is 259 g/mol. The molecule has 0 bridgehead atoms. The van der Waals surface area contributed by atoms with Crippen LogP contribution in [0.5, 0.6) is 11.5 Å². The Hall–Kier alpha value is -1.81. The molecule has 0 saturated heterocycles. The van der Waals surface area contributed by atoms with E-state index in [1.807, 2.05) is 20.2 Å². The normalized spacial score (nSPS) is 12.4. The van der Waals surface area contributed by atoms with Gasteiger partial charge in [-0.05, 0) is 37.0 Å². The number of aryl methyl sites for hydroxylation is 2. The molecule has 102 valence electrons. The Labute approximate surface area is 114 Å². The number of ether oxygens (including phenoxy) is 1. The van der Waals surface area contributed by atoms with Crippen LogP contribution in [-0.2, 0) is 13.5 Å². The first-order chi connectivity index (χ1) is 9.08. The topological polar surface area (TPSA) is 53.1 Å². The molecule has 2 N–H and O–H groups in total. The molecule has 0 aliphatic heterocycles. The smallest absolute Gasteiger partial charge is 0.165 e. The van der Waals surface area contributed by atoms with Crippen LogP contribution >= 0.6 is 0 Å². The summed E-state index contributed by atoms with van der Waals surface area (Å²) in [6, 6.07) is 6.45. The fraction of sp³-hybridized carbons (Fsp3) is 0.400. The van der Waals surface area contributed by atoms with Crippen LogP contribution in [0, 0.1) is 6.92 Å². The second-order valence-electron chi connectivity index (χ2n) is 4.92. The molecule has 0 radical (unpaired) electrons. The van der Waals surface area contributed by atoms with E-state index in [2.05, 4.69) is 30.2 Å². The second kappa shape index (κ2) is 5.89. The number of nitrogens with two attached hydrogens (primary N) is 1. The SMILES string of the molecule is CCC(N)Cc1ccc(C)c(Oc2cnn(C)c2)c1. The lowest BCUT2D eigenvalue weighted by Gasteiger charge is -2.12. The minimum absolute atomic E-state index is 0.203. The number of nitrogens with zero attached hydrogens (tertiary/aromatic N) is 2. The van der Waals surface area contributed by atoms with Gasteiger partial charge in [-0.1, -0.05) is 19.1 Å². The fourth-order valence-electron chi connectivity index (χ4n) is 1.91. The zero-order valence-corrected chi connectivity index (χ0v) is 11.8. The van der Waals surface area contributed by atoms with Crippen LogP contribution < -0.4 is 10.5 Å². The van der Waals surface area contributed by atoms with Crippen molar-refractivity contribution in [2.75, 3.05) is 0 Å². The third-order valence-electron chi connectivity index (χ3n) is 3.18. The zero-order chi connectivity index (χ0) is 13.8. The van der Waals surface area contributed by atoms with Crippen LogP contribution in [0.3, 0.4) is 0 Å². The van der Waals surface area contributed by atoms with Gasteiger partial charge in [0.05, 0.1) is 12.4 Å². The average Bonchev–Trinajstić information content (AvgIpc) is 2.79. The number of hydrogen-bond donors (Lipinski definition) is 1. The molecule has 2 rings (SSSR count). The minimum Gasteiger partial charge on any atom is -0.454 e. The summed E-state index contributed by atoms with van der Waals surface area (Å²) in [5.74, 6) is 1.62. The maximum Gasteiger partial charge on any atom is 0.165 e. The number of aromatic nitrogens is 2. The quantitative estimate of drug-likeness (QED) is 0.898. The van der Waals surface area contributed by atoms with Gasteiger partial charge in [-0.2, -0.15) is 5.10 Å². The predicted molar refractivity (Wildman–Crippen MR) is 76.4 cm³/mol. The highest BCUT2D eigenvalue weighted by Crippen LogP contribution is 2.26. The van der Waals surface area contributed by atoms with Gasteiger partial charge in [-0.25, -0.2) is 0 Å². The van der Waals surface area contributed by atoms with Crippen molar-refractivity contribution < 1.29 is 4.74 Å². The van der Waals surface area contributed by atoms with Crippen molar-refractivity contribution in [3.8, 4) is 11.5 Å². The third-order valence-corrected chi connectivity index (χ3v) is 3.18. The summed E-state index contributed by atoms with van der Waals surface area (Å²) in [5, 5.41) is 4.10. The molecule has 1 aromatic heterocycles. The summed E-state index contributed by atoms with van der Waals surface area (Å²) in [6.07, 6.45) is 5.42.